The molecule has 0 aliphatic heterocycles. The van der Waals surface area contributed by atoms with Crippen molar-refractivity contribution in [3.63, 3.8) is 0 Å². The molecule has 19 heavy (non-hydrogen) atoms. The second-order valence-electron chi connectivity index (χ2n) is 3.90. The zero-order valence-corrected chi connectivity index (χ0v) is 11.7. The minimum absolute atomic E-state index is 0.214. The fraction of sp³-hybridized carbons (Fsp3) is 0.0769. The molecule has 0 amide bonds. The highest BCUT2D eigenvalue weighted by atomic mass is 79.9. The van der Waals surface area contributed by atoms with E-state index in [9.17, 15) is 4.79 Å². The summed E-state index contributed by atoms with van der Waals surface area (Å²) in [6.07, 6.45) is 3.20. The Bertz CT molecular complexity index is 666. The highest BCUT2D eigenvalue weighted by Crippen LogP contribution is 2.22. The fourth-order valence-electron chi connectivity index (χ4n) is 1.58. The quantitative estimate of drug-likeness (QED) is 0.670. The maximum absolute atomic E-state index is 12.0. The van der Waals surface area contributed by atoms with Crippen LogP contribution in [0.25, 0.3) is 0 Å². The maximum atomic E-state index is 12.0. The van der Waals surface area contributed by atoms with Gasteiger partial charge in [-0.2, -0.15) is 5.10 Å². The first kappa shape index (κ1) is 13.4. The number of benzene rings is 1. The highest BCUT2D eigenvalue weighted by molar-refractivity contribution is 9.10. The zero-order chi connectivity index (χ0) is 13.8. The van der Waals surface area contributed by atoms with Crippen LogP contribution in [-0.4, -0.2) is 9.78 Å². The number of nitrogen functional groups attached to an aromatic ring is 1. The van der Waals surface area contributed by atoms with Gasteiger partial charge in [-0.3, -0.25) is 4.79 Å². The molecule has 1 aromatic heterocycles. The van der Waals surface area contributed by atoms with E-state index in [4.69, 9.17) is 5.73 Å². The monoisotopic (exact) mass is 320 g/mol. The van der Waals surface area contributed by atoms with Crippen molar-refractivity contribution >= 4 is 33.0 Å². The summed E-state index contributed by atoms with van der Waals surface area (Å²) in [5, 5.41) is 7.15. The van der Waals surface area contributed by atoms with Crippen LogP contribution >= 0.6 is 15.9 Å². The van der Waals surface area contributed by atoms with Crippen LogP contribution in [0.4, 0.5) is 17.1 Å². The molecule has 0 spiro atoms. The van der Waals surface area contributed by atoms with Gasteiger partial charge in [0.15, 0.2) is 0 Å². The number of hydrogen-bond acceptors (Lipinski definition) is 4. The smallest absolute Gasteiger partial charge is 0.283 e. The van der Waals surface area contributed by atoms with Gasteiger partial charge in [-0.1, -0.05) is 12.1 Å². The first-order valence-corrected chi connectivity index (χ1v) is 6.40. The molecule has 0 bridgehead atoms. The number of nitrogens with one attached hydrogen (secondary N) is 1. The summed E-state index contributed by atoms with van der Waals surface area (Å²) in [6.45, 7) is 3.95. The van der Waals surface area contributed by atoms with Crippen molar-refractivity contribution < 1.29 is 0 Å². The van der Waals surface area contributed by atoms with E-state index < -0.39 is 0 Å². The minimum Gasteiger partial charge on any atom is -0.399 e. The highest BCUT2D eigenvalue weighted by Gasteiger charge is 2.08. The summed E-state index contributed by atoms with van der Waals surface area (Å²) in [4.78, 5) is 12.0. The van der Waals surface area contributed by atoms with Crippen LogP contribution in [0.3, 0.4) is 0 Å². The van der Waals surface area contributed by atoms with E-state index in [0.717, 1.165) is 5.69 Å². The lowest BCUT2D eigenvalue weighted by atomic mass is 10.3. The summed E-state index contributed by atoms with van der Waals surface area (Å²) in [7, 11) is 0. The van der Waals surface area contributed by atoms with Gasteiger partial charge >= 0.3 is 0 Å². The lowest BCUT2D eigenvalue weighted by Gasteiger charge is -2.10. The van der Waals surface area contributed by atoms with Crippen LogP contribution in [0.1, 0.15) is 0 Å². The number of nitrogens with two attached hydrogens (primary N) is 1. The Labute approximate surface area is 118 Å². The van der Waals surface area contributed by atoms with E-state index in [1.54, 1.807) is 24.4 Å². The van der Waals surface area contributed by atoms with Gasteiger partial charge < -0.3 is 11.1 Å². The van der Waals surface area contributed by atoms with Crippen LogP contribution in [0.15, 0.2) is 52.4 Å². The van der Waals surface area contributed by atoms with Gasteiger partial charge in [0.05, 0.1) is 18.4 Å². The van der Waals surface area contributed by atoms with Gasteiger partial charge in [0.2, 0.25) is 0 Å². The van der Waals surface area contributed by atoms with Crippen molar-refractivity contribution in [3.05, 3.63) is 57.9 Å². The first-order chi connectivity index (χ1) is 9.11. The molecule has 3 N–H and O–H groups in total. The van der Waals surface area contributed by atoms with E-state index >= 15 is 0 Å². The predicted molar refractivity (Wildman–Crippen MR) is 80.5 cm³/mol. The summed E-state index contributed by atoms with van der Waals surface area (Å²) in [5.41, 5.74) is 7.52. The second-order valence-corrected chi connectivity index (χ2v) is 4.69. The minimum atomic E-state index is -0.214. The molecule has 0 aliphatic rings. The van der Waals surface area contributed by atoms with E-state index in [1.165, 1.54) is 4.68 Å². The van der Waals surface area contributed by atoms with Crippen LogP contribution in [-0.2, 0) is 6.54 Å². The van der Waals surface area contributed by atoms with Crippen LogP contribution in [0.5, 0.6) is 0 Å². The van der Waals surface area contributed by atoms with E-state index in [-0.39, 0.29) is 5.56 Å². The van der Waals surface area contributed by atoms with Gasteiger partial charge in [-0.25, -0.2) is 4.68 Å². The molecule has 2 aromatic rings. The predicted octanol–water partition coefficient (Wildman–Crippen LogP) is 2.52. The van der Waals surface area contributed by atoms with E-state index in [1.807, 2.05) is 12.1 Å². The summed E-state index contributed by atoms with van der Waals surface area (Å²) >= 11 is 3.28. The topological polar surface area (TPSA) is 72.9 Å². The zero-order valence-electron chi connectivity index (χ0n) is 10.1. The van der Waals surface area contributed by atoms with Gasteiger partial charge in [0.1, 0.15) is 4.47 Å². The van der Waals surface area contributed by atoms with E-state index in [0.29, 0.717) is 22.4 Å². The molecule has 0 radical (unpaired) electrons. The lowest BCUT2D eigenvalue weighted by Crippen LogP contribution is -2.23. The second kappa shape index (κ2) is 5.71. The average molecular weight is 321 g/mol. The molecule has 1 aromatic carbocycles. The number of halogens is 1. The molecule has 0 unspecified atom stereocenters. The van der Waals surface area contributed by atoms with Crippen molar-refractivity contribution in [2.75, 3.05) is 11.1 Å². The number of nitrogens with zero attached hydrogens (tertiary/aromatic N) is 2. The van der Waals surface area contributed by atoms with Gasteiger partial charge in [0.25, 0.3) is 5.56 Å². The first-order valence-electron chi connectivity index (χ1n) is 5.61. The molecule has 6 heteroatoms. The molecular weight excluding hydrogens is 308 g/mol. The fourth-order valence-corrected chi connectivity index (χ4v) is 1.98. The standard InChI is InChI=1S/C13H13BrN4O/c1-2-6-18-13(19)12(14)11(8-16-18)17-10-5-3-4-9(15)7-10/h2-5,7-8,17H,1,6,15H2. The Morgan fingerprint density at radius 2 is 2.32 bits per heavy atom. The molecule has 0 saturated heterocycles. The Hall–Kier alpha value is -2.08. The Morgan fingerprint density at radius 3 is 3.00 bits per heavy atom. The number of hydrogen-bond donors (Lipinski definition) is 2. The molecule has 1 heterocycles. The number of aromatic nitrogens is 2. The summed E-state index contributed by atoms with van der Waals surface area (Å²) < 4.78 is 1.74. The Morgan fingerprint density at radius 1 is 1.53 bits per heavy atom. The van der Waals surface area contributed by atoms with E-state index in [2.05, 4.69) is 32.9 Å². The molecule has 0 atom stereocenters. The largest absolute Gasteiger partial charge is 0.399 e. The third-order valence-corrected chi connectivity index (χ3v) is 3.22. The molecule has 5 nitrogen and oxygen atoms in total. The summed E-state index contributed by atoms with van der Waals surface area (Å²) in [5.74, 6) is 0. The van der Waals surface area contributed by atoms with Crippen molar-refractivity contribution in [1.29, 1.82) is 0 Å². The molecule has 2 rings (SSSR count). The van der Waals surface area contributed by atoms with Gasteiger partial charge in [-0.15, -0.1) is 6.58 Å². The van der Waals surface area contributed by atoms with Crippen molar-refractivity contribution in [3.8, 4) is 0 Å². The van der Waals surface area contributed by atoms with Crippen molar-refractivity contribution in [1.82, 2.24) is 9.78 Å². The number of anilines is 3. The third kappa shape index (κ3) is 3.03. The molecule has 0 aliphatic carbocycles. The van der Waals surface area contributed by atoms with Gasteiger partial charge in [0, 0.05) is 11.4 Å². The van der Waals surface area contributed by atoms with Gasteiger partial charge in [-0.05, 0) is 34.1 Å². The molecule has 0 saturated carbocycles. The molecular formula is C13H13BrN4O. The normalized spacial score (nSPS) is 10.2. The number of rotatable bonds is 4. The van der Waals surface area contributed by atoms with Crippen molar-refractivity contribution in [2.45, 2.75) is 6.54 Å². The molecule has 98 valence electrons. The average Bonchev–Trinajstić information content (AvgIpc) is 2.39. The van der Waals surface area contributed by atoms with Crippen molar-refractivity contribution in [2.24, 2.45) is 0 Å². The molecule has 0 fully saturated rings. The number of allylic oxidation sites excluding steroid dienone is 1. The van der Waals surface area contributed by atoms with Crippen LogP contribution in [0.2, 0.25) is 0 Å². The maximum Gasteiger partial charge on any atom is 0.283 e. The van der Waals surface area contributed by atoms with Crippen LogP contribution in [0, 0.1) is 0 Å². The lowest BCUT2D eigenvalue weighted by molar-refractivity contribution is 0.649. The Kier molecular flexibility index (Phi) is 4.01. The Balaban J connectivity index is 2.34. The van der Waals surface area contributed by atoms with Crippen LogP contribution < -0.4 is 16.6 Å². The third-order valence-electron chi connectivity index (χ3n) is 2.45. The SMILES string of the molecule is C=CCn1ncc(Nc2cccc(N)c2)c(Br)c1=O. The summed E-state index contributed by atoms with van der Waals surface area (Å²) in [6, 6.07) is 7.26.